The molecule has 0 saturated carbocycles. The summed E-state index contributed by atoms with van der Waals surface area (Å²) >= 11 is 2.42. The van der Waals surface area contributed by atoms with Gasteiger partial charge >= 0.3 is 0 Å². The number of aryl methyl sites for hydroxylation is 1. The van der Waals surface area contributed by atoms with Gasteiger partial charge in [0.1, 0.15) is 12.2 Å². The Hall–Kier alpha value is -1.91. The summed E-state index contributed by atoms with van der Waals surface area (Å²) in [6.07, 6.45) is 2.74. The SMILES string of the molecule is C[C@@H](O)[C@H]1C(=O)N2C(C(=O)[O-])=C(c3cn4c[n+](C)c(SCF)c4s3)[C@H](C)[C@H]12. The van der Waals surface area contributed by atoms with E-state index in [1.807, 2.05) is 22.9 Å². The molecule has 2 aromatic heterocycles. The van der Waals surface area contributed by atoms with Crippen LogP contribution in [0.5, 0.6) is 0 Å². The molecular formula is C17H18FN3O4S2. The second kappa shape index (κ2) is 6.32. The first kappa shape index (κ1) is 18.5. The van der Waals surface area contributed by atoms with E-state index in [1.54, 1.807) is 19.4 Å². The second-order valence-corrected chi connectivity index (χ2v) is 8.82. The summed E-state index contributed by atoms with van der Waals surface area (Å²) in [4.78, 5) is 27.0. The molecule has 0 radical (unpaired) electrons. The van der Waals surface area contributed by atoms with Crippen LogP contribution in [0.4, 0.5) is 4.39 Å². The van der Waals surface area contributed by atoms with Gasteiger partial charge in [-0.25, -0.2) is 8.96 Å². The fourth-order valence-corrected chi connectivity index (χ4v) is 6.31. The minimum absolute atomic E-state index is 0.122. The number of rotatable bonds is 5. The van der Waals surface area contributed by atoms with Crippen LogP contribution in [0.1, 0.15) is 18.7 Å². The summed E-state index contributed by atoms with van der Waals surface area (Å²) in [5.41, 5.74) is 0.409. The van der Waals surface area contributed by atoms with E-state index in [0.717, 1.165) is 21.6 Å². The zero-order chi connectivity index (χ0) is 19.6. The Balaban J connectivity index is 1.84. The number of aliphatic hydroxyl groups excluding tert-OH is 1. The highest BCUT2D eigenvalue weighted by Crippen LogP contribution is 2.51. The molecule has 4 heterocycles. The second-order valence-electron chi connectivity index (χ2n) is 6.90. The maximum Gasteiger partial charge on any atom is 0.250 e. The molecule has 2 aromatic rings. The number of thioether (sulfide) groups is 1. The van der Waals surface area contributed by atoms with E-state index < -0.39 is 30.0 Å². The van der Waals surface area contributed by atoms with Gasteiger partial charge in [-0.05, 0) is 18.7 Å². The molecule has 10 heteroatoms. The first-order valence-electron chi connectivity index (χ1n) is 8.43. The predicted molar refractivity (Wildman–Crippen MR) is 95.2 cm³/mol. The topological polar surface area (TPSA) is 89.0 Å². The first-order valence-corrected chi connectivity index (χ1v) is 10.2. The van der Waals surface area contributed by atoms with Gasteiger partial charge < -0.3 is 19.9 Å². The highest BCUT2D eigenvalue weighted by molar-refractivity contribution is 7.99. The number of thiazole rings is 1. The van der Waals surface area contributed by atoms with Crippen molar-refractivity contribution >= 4 is 45.4 Å². The number of carboxylic acid groups (broad SMARTS) is 1. The number of aliphatic carboxylic acids is 1. The first-order chi connectivity index (χ1) is 12.8. The van der Waals surface area contributed by atoms with Crippen LogP contribution in [-0.4, -0.2) is 44.4 Å². The van der Waals surface area contributed by atoms with Gasteiger partial charge in [-0.2, -0.15) is 4.40 Å². The van der Waals surface area contributed by atoms with Gasteiger partial charge in [0.25, 0.3) is 0 Å². The van der Waals surface area contributed by atoms with Crippen molar-refractivity contribution in [3.05, 3.63) is 23.1 Å². The van der Waals surface area contributed by atoms with Crippen molar-refractivity contribution in [2.75, 3.05) is 6.01 Å². The van der Waals surface area contributed by atoms with E-state index in [0.29, 0.717) is 10.5 Å². The molecule has 144 valence electrons. The molecule has 27 heavy (non-hydrogen) atoms. The number of aliphatic hydroxyl groups is 1. The van der Waals surface area contributed by atoms with Gasteiger partial charge in [0.2, 0.25) is 22.1 Å². The largest absolute Gasteiger partial charge is 0.543 e. The summed E-state index contributed by atoms with van der Waals surface area (Å²) in [7, 11) is 1.82. The maximum atomic E-state index is 12.9. The Morgan fingerprint density at radius 3 is 2.85 bits per heavy atom. The predicted octanol–water partition coefficient (Wildman–Crippen LogP) is 0.163. The average molecular weight is 411 g/mol. The molecule has 0 spiro atoms. The monoisotopic (exact) mass is 411 g/mol. The highest BCUT2D eigenvalue weighted by atomic mass is 32.2. The van der Waals surface area contributed by atoms with E-state index in [-0.39, 0.29) is 17.5 Å². The summed E-state index contributed by atoms with van der Waals surface area (Å²) in [5.74, 6) is -2.67. The Morgan fingerprint density at radius 1 is 1.56 bits per heavy atom. The molecule has 7 nitrogen and oxygen atoms in total. The third kappa shape index (κ3) is 2.46. The van der Waals surface area contributed by atoms with Crippen LogP contribution < -0.4 is 9.67 Å². The third-order valence-corrected chi connectivity index (χ3v) is 7.46. The lowest BCUT2D eigenvalue weighted by atomic mass is 9.77. The average Bonchev–Trinajstić information content (AvgIpc) is 3.17. The van der Waals surface area contributed by atoms with Crippen molar-refractivity contribution in [3.63, 3.8) is 0 Å². The van der Waals surface area contributed by atoms with Crippen LogP contribution in [0.3, 0.4) is 0 Å². The number of halogens is 1. The molecule has 1 saturated heterocycles. The maximum absolute atomic E-state index is 12.9. The van der Waals surface area contributed by atoms with Gasteiger partial charge in [0.05, 0.1) is 41.7 Å². The fraction of sp³-hybridized carbons (Fsp3) is 0.471. The number of fused-ring (bicyclic) bond motifs is 2. The Bertz CT molecular complexity index is 996. The quantitative estimate of drug-likeness (QED) is 0.430. The highest BCUT2D eigenvalue weighted by Gasteiger charge is 2.59. The molecule has 0 unspecified atom stereocenters. The molecule has 2 aliphatic rings. The zero-order valence-corrected chi connectivity index (χ0v) is 16.5. The molecular weight excluding hydrogens is 393 g/mol. The molecule has 0 bridgehead atoms. The number of carbonyl (C=O) groups excluding carboxylic acids is 2. The fourth-order valence-electron chi connectivity index (χ4n) is 4.22. The van der Waals surface area contributed by atoms with Crippen molar-refractivity contribution in [3.8, 4) is 0 Å². The van der Waals surface area contributed by atoms with Crippen molar-refractivity contribution in [2.24, 2.45) is 18.9 Å². The number of hydrogen-bond donors (Lipinski definition) is 1. The van der Waals surface area contributed by atoms with Crippen LogP contribution >= 0.6 is 23.1 Å². The molecule has 4 atom stereocenters. The number of β-lactam (4-membered cyclic amide) rings is 1. The number of nitrogens with zero attached hydrogens (tertiary/aromatic N) is 3. The summed E-state index contributed by atoms with van der Waals surface area (Å²) in [5, 5.41) is 22.5. The van der Waals surface area contributed by atoms with E-state index in [4.69, 9.17) is 0 Å². The van der Waals surface area contributed by atoms with Crippen LogP contribution in [-0.2, 0) is 16.6 Å². The van der Waals surface area contributed by atoms with E-state index in [1.165, 1.54) is 16.2 Å². The van der Waals surface area contributed by atoms with Crippen molar-refractivity contribution in [1.29, 1.82) is 0 Å². The lowest BCUT2D eigenvalue weighted by molar-refractivity contribution is -0.705. The molecule has 0 aromatic carbocycles. The molecule has 1 fully saturated rings. The van der Waals surface area contributed by atoms with Crippen molar-refractivity contribution in [2.45, 2.75) is 31.0 Å². The number of hydrogen-bond acceptors (Lipinski definition) is 6. The minimum Gasteiger partial charge on any atom is -0.543 e. The minimum atomic E-state index is -1.40. The lowest BCUT2D eigenvalue weighted by Gasteiger charge is -2.47. The van der Waals surface area contributed by atoms with Gasteiger partial charge in [0.15, 0.2) is 0 Å². The van der Waals surface area contributed by atoms with E-state index in [2.05, 4.69) is 0 Å². The lowest BCUT2D eigenvalue weighted by Crippen LogP contribution is -2.64. The number of imidazole rings is 1. The molecule has 1 amide bonds. The summed E-state index contributed by atoms with van der Waals surface area (Å²) in [6, 6.07) is -0.956. The number of amides is 1. The number of carbonyl (C=O) groups is 2. The molecule has 4 rings (SSSR count). The normalized spacial score (nSPS) is 25.9. The summed E-state index contributed by atoms with van der Waals surface area (Å²) < 4.78 is 16.5. The zero-order valence-electron chi connectivity index (χ0n) is 14.9. The molecule has 2 aliphatic heterocycles. The smallest absolute Gasteiger partial charge is 0.250 e. The molecule has 0 aliphatic carbocycles. The Kier molecular flexibility index (Phi) is 4.32. The van der Waals surface area contributed by atoms with Gasteiger partial charge in [0, 0.05) is 11.5 Å². The van der Waals surface area contributed by atoms with Gasteiger partial charge in [-0.3, -0.25) is 4.79 Å². The van der Waals surface area contributed by atoms with Gasteiger partial charge in [-0.15, -0.1) is 0 Å². The Morgan fingerprint density at radius 2 is 2.26 bits per heavy atom. The Labute approximate surface area is 162 Å². The van der Waals surface area contributed by atoms with Crippen LogP contribution in [0.25, 0.3) is 10.4 Å². The number of carboxylic acids is 1. The van der Waals surface area contributed by atoms with E-state index >= 15 is 0 Å². The third-order valence-electron chi connectivity index (χ3n) is 5.32. The summed E-state index contributed by atoms with van der Waals surface area (Å²) in [6.45, 7) is 3.40. The van der Waals surface area contributed by atoms with Crippen LogP contribution in [0.15, 0.2) is 23.2 Å². The van der Waals surface area contributed by atoms with Crippen molar-refractivity contribution in [1.82, 2.24) is 9.30 Å². The number of alkyl halides is 1. The molecule has 1 N–H and O–H groups in total. The number of aromatic nitrogens is 2. The van der Waals surface area contributed by atoms with E-state index in [9.17, 15) is 24.2 Å². The van der Waals surface area contributed by atoms with Crippen molar-refractivity contribution < 1.29 is 28.8 Å². The van der Waals surface area contributed by atoms with Gasteiger partial charge in [-0.1, -0.05) is 18.3 Å². The van der Waals surface area contributed by atoms with Crippen LogP contribution in [0.2, 0.25) is 0 Å². The van der Waals surface area contributed by atoms with Crippen LogP contribution in [0, 0.1) is 11.8 Å². The standard InChI is InChI=1S/C17H18FN3O4S2/c1-7-10(9-4-20-6-19(3)15(26-5-18)16(20)27-9)13(17(24)25)21-12(7)11(8(2)22)14(21)23/h4,6-8,11-12,22H,5H2,1-3H3/t7-,8+,11+,12+/m0/s1.